The number of rotatable bonds is 2. The van der Waals surface area contributed by atoms with Crippen molar-refractivity contribution in [1.82, 2.24) is 14.9 Å². The molecular weight excluding hydrogens is 309 g/mol. The standard InChI is InChI=1S/C14H15BrFN3/c15-11-1-2-13(12(16)7-11)19-9-18-8-14(19)10-3-5-17-6-4-10/h1-2,7-10,17H,3-6H2. The molecule has 0 aliphatic carbocycles. The van der Waals surface area contributed by atoms with Gasteiger partial charge in [0.1, 0.15) is 5.82 Å². The third-order valence-corrected chi connectivity index (χ3v) is 4.09. The molecule has 100 valence electrons. The first kappa shape index (κ1) is 12.8. The van der Waals surface area contributed by atoms with Crippen LogP contribution in [0.2, 0.25) is 0 Å². The largest absolute Gasteiger partial charge is 0.317 e. The van der Waals surface area contributed by atoms with Crippen molar-refractivity contribution < 1.29 is 4.39 Å². The van der Waals surface area contributed by atoms with Crippen LogP contribution >= 0.6 is 15.9 Å². The highest BCUT2D eigenvalue weighted by Gasteiger charge is 2.20. The van der Waals surface area contributed by atoms with Crippen molar-refractivity contribution in [3.05, 3.63) is 46.7 Å². The molecule has 2 heterocycles. The lowest BCUT2D eigenvalue weighted by Gasteiger charge is -2.23. The predicted molar refractivity (Wildman–Crippen MR) is 76.1 cm³/mol. The molecule has 0 atom stereocenters. The SMILES string of the molecule is Fc1cc(Br)ccc1-n1cncc1C1CCNCC1. The first-order valence-corrected chi connectivity index (χ1v) is 7.23. The zero-order valence-corrected chi connectivity index (χ0v) is 12.0. The number of nitrogens with zero attached hydrogens (tertiary/aromatic N) is 2. The van der Waals surface area contributed by atoms with Crippen LogP contribution in [0.25, 0.3) is 5.69 Å². The Morgan fingerprint density at radius 2 is 2.11 bits per heavy atom. The van der Waals surface area contributed by atoms with Crippen LogP contribution in [-0.2, 0) is 0 Å². The molecule has 3 nitrogen and oxygen atoms in total. The van der Waals surface area contributed by atoms with Crippen molar-refractivity contribution >= 4 is 15.9 Å². The van der Waals surface area contributed by atoms with Gasteiger partial charge in [-0.1, -0.05) is 15.9 Å². The summed E-state index contributed by atoms with van der Waals surface area (Å²) in [4.78, 5) is 4.20. The minimum Gasteiger partial charge on any atom is -0.317 e. The Balaban J connectivity index is 1.99. The van der Waals surface area contributed by atoms with E-state index in [-0.39, 0.29) is 5.82 Å². The summed E-state index contributed by atoms with van der Waals surface area (Å²) in [6.07, 6.45) is 5.70. The normalized spacial score (nSPS) is 16.7. The quantitative estimate of drug-likeness (QED) is 0.919. The Bertz CT molecular complexity index is 576. The molecule has 1 aromatic carbocycles. The molecule has 1 N–H and O–H groups in total. The Labute approximate surface area is 120 Å². The Hall–Kier alpha value is -1.20. The van der Waals surface area contributed by atoms with Gasteiger partial charge in [-0.2, -0.15) is 0 Å². The molecule has 5 heteroatoms. The van der Waals surface area contributed by atoms with Gasteiger partial charge in [-0.05, 0) is 44.1 Å². The van der Waals surface area contributed by atoms with Crippen LogP contribution in [-0.4, -0.2) is 22.6 Å². The molecule has 0 radical (unpaired) electrons. The van der Waals surface area contributed by atoms with Crippen LogP contribution in [0.5, 0.6) is 0 Å². The fourth-order valence-corrected chi connectivity index (χ4v) is 2.94. The highest BCUT2D eigenvalue weighted by Crippen LogP contribution is 2.28. The number of piperidine rings is 1. The van der Waals surface area contributed by atoms with Gasteiger partial charge >= 0.3 is 0 Å². The van der Waals surface area contributed by atoms with E-state index in [4.69, 9.17) is 0 Å². The third kappa shape index (κ3) is 2.58. The van der Waals surface area contributed by atoms with Crippen molar-refractivity contribution in [2.45, 2.75) is 18.8 Å². The number of imidazole rings is 1. The number of hydrogen-bond donors (Lipinski definition) is 1. The van der Waals surface area contributed by atoms with Crippen LogP contribution in [0.15, 0.2) is 35.2 Å². The van der Waals surface area contributed by atoms with E-state index < -0.39 is 0 Å². The van der Waals surface area contributed by atoms with Gasteiger partial charge in [-0.15, -0.1) is 0 Å². The van der Waals surface area contributed by atoms with Gasteiger partial charge in [-0.25, -0.2) is 9.37 Å². The van der Waals surface area contributed by atoms with E-state index >= 15 is 0 Å². The molecule has 0 bridgehead atoms. The second-order valence-corrected chi connectivity index (χ2v) is 5.72. The molecule has 1 aliphatic heterocycles. The fourth-order valence-electron chi connectivity index (χ4n) is 2.60. The molecule has 2 aromatic rings. The molecule has 1 saturated heterocycles. The fraction of sp³-hybridized carbons (Fsp3) is 0.357. The molecule has 0 unspecified atom stereocenters. The summed E-state index contributed by atoms with van der Waals surface area (Å²) in [6.45, 7) is 2.03. The Morgan fingerprint density at radius 3 is 2.84 bits per heavy atom. The van der Waals surface area contributed by atoms with Gasteiger partial charge in [0.05, 0.1) is 12.0 Å². The van der Waals surface area contributed by atoms with Crippen molar-refractivity contribution in [2.24, 2.45) is 0 Å². The highest BCUT2D eigenvalue weighted by atomic mass is 79.9. The maximum atomic E-state index is 14.1. The molecule has 1 aromatic heterocycles. The van der Waals surface area contributed by atoms with E-state index in [1.165, 1.54) is 6.07 Å². The van der Waals surface area contributed by atoms with E-state index in [1.807, 2.05) is 16.8 Å². The first-order chi connectivity index (χ1) is 9.25. The molecule has 1 aliphatic rings. The van der Waals surface area contributed by atoms with Gasteiger partial charge < -0.3 is 9.88 Å². The molecule has 0 amide bonds. The Kier molecular flexibility index (Phi) is 3.66. The van der Waals surface area contributed by atoms with Crippen LogP contribution in [0.4, 0.5) is 4.39 Å². The van der Waals surface area contributed by atoms with Gasteiger partial charge in [0.15, 0.2) is 0 Å². The first-order valence-electron chi connectivity index (χ1n) is 6.44. The second-order valence-electron chi connectivity index (χ2n) is 4.81. The molecule has 0 saturated carbocycles. The van der Waals surface area contributed by atoms with E-state index in [2.05, 4.69) is 26.2 Å². The second kappa shape index (κ2) is 5.43. The van der Waals surface area contributed by atoms with Gasteiger partial charge in [0.25, 0.3) is 0 Å². The van der Waals surface area contributed by atoms with Gasteiger partial charge in [-0.3, -0.25) is 0 Å². The summed E-state index contributed by atoms with van der Waals surface area (Å²) >= 11 is 3.28. The summed E-state index contributed by atoms with van der Waals surface area (Å²) in [6, 6.07) is 5.12. The van der Waals surface area contributed by atoms with Crippen LogP contribution in [0.1, 0.15) is 24.5 Å². The molecule has 3 rings (SSSR count). The number of benzene rings is 1. The summed E-state index contributed by atoms with van der Waals surface area (Å²) in [7, 11) is 0. The summed E-state index contributed by atoms with van der Waals surface area (Å²) in [5, 5.41) is 3.34. The number of nitrogens with one attached hydrogen (secondary N) is 1. The lowest BCUT2D eigenvalue weighted by Crippen LogP contribution is -2.27. The van der Waals surface area contributed by atoms with Crippen molar-refractivity contribution in [3.63, 3.8) is 0 Å². The van der Waals surface area contributed by atoms with Crippen LogP contribution in [0, 0.1) is 5.82 Å². The zero-order valence-electron chi connectivity index (χ0n) is 10.4. The minimum absolute atomic E-state index is 0.234. The lowest BCUT2D eigenvalue weighted by atomic mass is 9.95. The predicted octanol–water partition coefficient (Wildman–Crippen LogP) is 3.24. The molecular formula is C14H15BrFN3. The maximum Gasteiger partial charge on any atom is 0.148 e. The Morgan fingerprint density at radius 1 is 1.32 bits per heavy atom. The maximum absolute atomic E-state index is 14.1. The van der Waals surface area contributed by atoms with Crippen molar-refractivity contribution in [1.29, 1.82) is 0 Å². The topological polar surface area (TPSA) is 29.9 Å². The molecule has 0 spiro atoms. The van der Waals surface area contributed by atoms with E-state index in [0.29, 0.717) is 11.6 Å². The average Bonchev–Trinajstić information content (AvgIpc) is 2.89. The highest BCUT2D eigenvalue weighted by molar-refractivity contribution is 9.10. The van der Waals surface area contributed by atoms with E-state index in [0.717, 1.165) is 36.1 Å². The van der Waals surface area contributed by atoms with Crippen molar-refractivity contribution in [3.8, 4) is 5.69 Å². The third-order valence-electron chi connectivity index (χ3n) is 3.59. The van der Waals surface area contributed by atoms with Gasteiger partial charge in [0.2, 0.25) is 0 Å². The van der Waals surface area contributed by atoms with Gasteiger partial charge in [0, 0.05) is 22.3 Å². The zero-order chi connectivity index (χ0) is 13.2. The number of halogens is 2. The van der Waals surface area contributed by atoms with Crippen LogP contribution in [0.3, 0.4) is 0 Å². The summed E-state index contributed by atoms with van der Waals surface area (Å²) < 4.78 is 16.7. The average molecular weight is 324 g/mol. The summed E-state index contributed by atoms with van der Waals surface area (Å²) in [5.74, 6) is 0.217. The minimum atomic E-state index is -0.234. The lowest BCUT2D eigenvalue weighted by molar-refractivity contribution is 0.448. The van der Waals surface area contributed by atoms with E-state index in [1.54, 1.807) is 12.4 Å². The number of aromatic nitrogens is 2. The monoisotopic (exact) mass is 323 g/mol. The molecule has 1 fully saturated rings. The summed E-state index contributed by atoms with van der Waals surface area (Å²) in [5.41, 5.74) is 1.66. The number of hydrogen-bond acceptors (Lipinski definition) is 2. The molecule has 19 heavy (non-hydrogen) atoms. The smallest absolute Gasteiger partial charge is 0.148 e. The van der Waals surface area contributed by atoms with Crippen molar-refractivity contribution in [2.75, 3.05) is 13.1 Å². The van der Waals surface area contributed by atoms with E-state index in [9.17, 15) is 4.39 Å². The van der Waals surface area contributed by atoms with Crippen LogP contribution < -0.4 is 5.32 Å².